The van der Waals surface area contributed by atoms with Crippen LogP contribution in [0.2, 0.25) is 5.02 Å². The number of carbonyl (C=O) groups excluding carboxylic acids is 1. The third kappa shape index (κ3) is 3.11. The molecule has 0 unspecified atom stereocenters. The van der Waals surface area contributed by atoms with Gasteiger partial charge in [0.1, 0.15) is 0 Å². The molecule has 19 heavy (non-hydrogen) atoms. The van der Waals surface area contributed by atoms with Gasteiger partial charge in [-0.15, -0.1) is 0 Å². The Bertz CT molecular complexity index is 649. The Morgan fingerprint density at radius 3 is 2.63 bits per heavy atom. The highest BCUT2D eigenvalue weighted by Crippen LogP contribution is 2.26. The summed E-state index contributed by atoms with van der Waals surface area (Å²) in [4.78, 5) is 11.9. The minimum Gasteiger partial charge on any atom is -0.321 e. The van der Waals surface area contributed by atoms with Crippen molar-refractivity contribution < 1.29 is 13.6 Å². The molecular weight excluding hydrogens is 340 g/mol. The molecule has 0 heterocycles. The van der Waals surface area contributed by atoms with Crippen LogP contribution in [0.25, 0.3) is 0 Å². The van der Waals surface area contributed by atoms with Crippen LogP contribution in [0.15, 0.2) is 40.9 Å². The van der Waals surface area contributed by atoms with E-state index in [4.69, 9.17) is 11.6 Å². The van der Waals surface area contributed by atoms with Gasteiger partial charge in [-0.25, -0.2) is 8.78 Å². The van der Waals surface area contributed by atoms with Gasteiger partial charge in [0, 0.05) is 9.50 Å². The van der Waals surface area contributed by atoms with Gasteiger partial charge in [0.15, 0.2) is 11.6 Å². The third-order valence-corrected chi connectivity index (χ3v) is 3.27. The van der Waals surface area contributed by atoms with Crippen molar-refractivity contribution >= 4 is 39.1 Å². The molecule has 0 aromatic heterocycles. The fourth-order valence-corrected chi connectivity index (χ4v) is 2.24. The molecule has 2 rings (SSSR count). The molecule has 0 aliphatic carbocycles. The van der Waals surface area contributed by atoms with Gasteiger partial charge in [0.25, 0.3) is 5.91 Å². The normalized spacial score (nSPS) is 10.3. The van der Waals surface area contributed by atoms with E-state index in [2.05, 4.69) is 21.2 Å². The van der Waals surface area contributed by atoms with Gasteiger partial charge in [-0.2, -0.15) is 0 Å². The van der Waals surface area contributed by atoms with Crippen molar-refractivity contribution in [3.05, 3.63) is 63.1 Å². The molecular formula is C13H7BrClF2NO. The standard InChI is InChI=1S/C13H7BrClF2NO/c14-9-6-7(15)4-5-11(9)18-13(19)8-2-1-3-10(16)12(8)17/h1-6H,(H,18,19). The molecule has 0 atom stereocenters. The highest BCUT2D eigenvalue weighted by atomic mass is 79.9. The number of hydrogen-bond acceptors (Lipinski definition) is 1. The average molecular weight is 347 g/mol. The van der Waals surface area contributed by atoms with Crippen molar-refractivity contribution in [2.45, 2.75) is 0 Å². The maximum absolute atomic E-state index is 13.5. The Labute approximate surface area is 121 Å². The van der Waals surface area contributed by atoms with Gasteiger partial charge < -0.3 is 5.32 Å². The first-order valence-corrected chi connectivity index (χ1v) is 6.36. The van der Waals surface area contributed by atoms with Crippen LogP contribution < -0.4 is 5.32 Å². The summed E-state index contributed by atoms with van der Waals surface area (Å²) in [6.07, 6.45) is 0. The van der Waals surface area contributed by atoms with Crippen LogP contribution in [0.3, 0.4) is 0 Å². The van der Waals surface area contributed by atoms with Crippen molar-refractivity contribution in [1.29, 1.82) is 0 Å². The van der Waals surface area contributed by atoms with Crippen LogP contribution in [0.1, 0.15) is 10.4 Å². The third-order valence-electron chi connectivity index (χ3n) is 2.38. The molecule has 0 saturated heterocycles. The summed E-state index contributed by atoms with van der Waals surface area (Å²) in [6.45, 7) is 0. The number of nitrogens with one attached hydrogen (secondary N) is 1. The van der Waals surface area contributed by atoms with Crippen LogP contribution in [0, 0.1) is 11.6 Å². The van der Waals surface area contributed by atoms with E-state index in [0.29, 0.717) is 15.2 Å². The van der Waals surface area contributed by atoms with Crippen molar-refractivity contribution in [2.24, 2.45) is 0 Å². The fraction of sp³-hybridized carbons (Fsp3) is 0. The summed E-state index contributed by atoms with van der Waals surface area (Å²) in [5.41, 5.74) is 0.0555. The van der Waals surface area contributed by atoms with Crippen molar-refractivity contribution in [3.63, 3.8) is 0 Å². The number of carbonyl (C=O) groups is 1. The SMILES string of the molecule is O=C(Nc1ccc(Cl)cc1Br)c1cccc(F)c1F. The quantitative estimate of drug-likeness (QED) is 0.844. The molecule has 0 fully saturated rings. The van der Waals surface area contributed by atoms with Crippen LogP contribution in [0.5, 0.6) is 0 Å². The zero-order valence-corrected chi connectivity index (χ0v) is 11.7. The fourth-order valence-electron chi connectivity index (χ4n) is 1.46. The number of benzene rings is 2. The van der Waals surface area contributed by atoms with Crippen LogP contribution in [-0.4, -0.2) is 5.91 Å². The molecule has 2 aromatic rings. The average Bonchev–Trinajstić information content (AvgIpc) is 2.36. The van der Waals surface area contributed by atoms with Crippen LogP contribution in [-0.2, 0) is 0 Å². The lowest BCUT2D eigenvalue weighted by molar-refractivity contribution is 0.102. The second-order valence-electron chi connectivity index (χ2n) is 3.68. The molecule has 0 aliphatic heterocycles. The predicted molar refractivity (Wildman–Crippen MR) is 73.5 cm³/mol. The molecule has 2 nitrogen and oxygen atoms in total. The lowest BCUT2D eigenvalue weighted by atomic mass is 10.2. The molecule has 98 valence electrons. The monoisotopic (exact) mass is 345 g/mol. The number of rotatable bonds is 2. The van der Waals surface area contributed by atoms with Gasteiger partial charge in [0.2, 0.25) is 0 Å². The van der Waals surface area contributed by atoms with Crippen LogP contribution in [0.4, 0.5) is 14.5 Å². The predicted octanol–water partition coefficient (Wildman–Crippen LogP) is 4.63. The van der Waals surface area contributed by atoms with Gasteiger partial charge >= 0.3 is 0 Å². The summed E-state index contributed by atoms with van der Waals surface area (Å²) >= 11 is 8.98. The first-order chi connectivity index (χ1) is 8.99. The second-order valence-corrected chi connectivity index (χ2v) is 4.97. The molecule has 6 heteroatoms. The van der Waals surface area contributed by atoms with Crippen molar-refractivity contribution in [2.75, 3.05) is 5.32 Å². The zero-order chi connectivity index (χ0) is 14.0. The van der Waals surface area contributed by atoms with Gasteiger partial charge in [-0.1, -0.05) is 17.7 Å². The lowest BCUT2D eigenvalue weighted by Crippen LogP contribution is -2.14. The molecule has 0 spiro atoms. The lowest BCUT2D eigenvalue weighted by Gasteiger charge is -2.08. The Morgan fingerprint density at radius 2 is 1.95 bits per heavy atom. The molecule has 2 aromatic carbocycles. The minimum atomic E-state index is -1.18. The summed E-state index contributed by atoms with van der Waals surface area (Å²) < 4.78 is 27.0. The topological polar surface area (TPSA) is 29.1 Å². The summed E-state index contributed by atoms with van der Waals surface area (Å²) in [5.74, 6) is -2.98. The Hall–Kier alpha value is -1.46. The Kier molecular flexibility index (Phi) is 4.17. The van der Waals surface area contributed by atoms with E-state index in [1.807, 2.05) is 0 Å². The van der Waals surface area contributed by atoms with E-state index < -0.39 is 17.5 Å². The molecule has 0 aliphatic rings. The maximum atomic E-state index is 13.5. The van der Waals surface area contributed by atoms with E-state index in [0.717, 1.165) is 6.07 Å². The Balaban J connectivity index is 2.28. The molecule has 0 bridgehead atoms. The molecule has 1 N–H and O–H groups in total. The van der Waals surface area contributed by atoms with E-state index in [1.165, 1.54) is 12.1 Å². The smallest absolute Gasteiger partial charge is 0.258 e. The second kappa shape index (κ2) is 5.67. The number of anilines is 1. The number of halogens is 4. The molecule has 0 saturated carbocycles. The van der Waals surface area contributed by atoms with Crippen LogP contribution >= 0.6 is 27.5 Å². The van der Waals surface area contributed by atoms with Crippen molar-refractivity contribution in [3.8, 4) is 0 Å². The molecule has 1 amide bonds. The van der Waals surface area contributed by atoms with E-state index in [1.54, 1.807) is 18.2 Å². The largest absolute Gasteiger partial charge is 0.321 e. The Morgan fingerprint density at radius 1 is 1.21 bits per heavy atom. The highest BCUT2D eigenvalue weighted by molar-refractivity contribution is 9.10. The van der Waals surface area contributed by atoms with Gasteiger partial charge in [0.05, 0.1) is 11.3 Å². The summed E-state index contributed by atoms with van der Waals surface area (Å²) in [6, 6.07) is 8.14. The van der Waals surface area contributed by atoms with E-state index >= 15 is 0 Å². The maximum Gasteiger partial charge on any atom is 0.258 e. The first kappa shape index (κ1) is 14.0. The summed E-state index contributed by atoms with van der Waals surface area (Å²) in [5, 5.41) is 2.96. The minimum absolute atomic E-state index is 0.359. The molecule has 0 radical (unpaired) electrons. The van der Waals surface area contributed by atoms with Gasteiger partial charge in [-0.05, 0) is 46.3 Å². The van der Waals surface area contributed by atoms with E-state index in [-0.39, 0.29) is 5.56 Å². The number of amides is 1. The number of hydrogen-bond donors (Lipinski definition) is 1. The summed E-state index contributed by atoms with van der Waals surface area (Å²) in [7, 11) is 0. The van der Waals surface area contributed by atoms with E-state index in [9.17, 15) is 13.6 Å². The zero-order valence-electron chi connectivity index (χ0n) is 9.38. The van der Waals surface area contributed by atoms with Gasteiger partial charge in [-0.3, -0.25) is 4.79 Å². The van der Waals surface area contributed by atoms with Crippen molar-refractivity contribution in [1.82, 2.24) is 0 Å². The highest BCUT2D eigenvalue weighted by Gasteiger charge is 2.15. The first-order valence-electron chi connectivity index (χ1n) is 5.19.